The van der Waals surface area contributed by atoms with Gasteiger partial charge in [0.15, 0.2) is 9.84 Å². The number of amides is 1. The summed E-state index contributed by atoms with van der Waals surface area (Å²) >= 11 is 0. The van der Waals surface area contributed by atoms with Gasteiger partial charge >= 0.3 is 6.18 Å². The number of carbonyl (C=O) groups is 1. The molecule has 1 N–H and O–H groups in total. The van der Waals surface area contributed by atoms with Gasteiger partial charge in [-0.05, 0) is 42.0 Å². The van der Waals surface area contributed by atoms with E-state index in [2.05, 4.69) is 5.32 Å². The lowest BCUT2D eigenvalue weighted by Crippen LogP contribution is -2.22. The molecule has 24 heavy (non-hydrogen) atoms. The molecule has 0 spiro atoms. The Morgan fingerprint density at radius 1 is 1.00 bits per heavy atom. The van der Waals surface area contributed by atoms with Gasteiger partial charge in [-0.3, -0.25) is 4.79 Å². The minimum atomic E-state index is -4.40. The molecular formula is C16H14F3NO3S. The van der Waals surface area contributed by atoms with Crippen molar-refractivity contribution in [2.45, 2.75) is 17.6 Å². The predicted molar refractivity (Wildman–Crippen MR) is 82.2 cm³/mol. The maximum atomic E-state index is 12.5. The van der Waals surface area contributed by atoms with Crippen molar-refractivity contribution in [2.24, 2.45) is 0 Å². The topological polar surface area (TPSA) is 63.2 Å². The van der Waals surface area contributed by atoms with E-state index in [0.29, 0.717) is 5.56 Å². The maximum absolute atomic E-state index is 12.5. The molecule has 4 nitrogen and oxygen atoms in total. The molecule has 128 valence electrons. The predicted octanol–water partition coefficient (Wildman–Crippen LogP) is 3.04. The van der Waals surface area contributed by atoms with Crippen LogP contribution in [0, 0.1) is 0 Å². The molecule has 0 saturated carbocycles. The van der Waals surface area contributed by atoms with Crippen molar-refractivity contribution < 1.29 is 26.4 Å². The van der Waals surface area contributed by atoms with Crippen molar-refractivity contribution in [3.05, 3.63) is 65.2 Å². The molecule has 0 fully saturated rings. The van der Waals surface area contributed by atoms with E-state index < -0.39 is 27.5 Å². The highest BCUT2D eigenvalue weighted by Crippen LogP contribution is 2.29. The number of carbonyl (C=O) groups excluding carboxylic acids is 1. The van der Waals surface area contributed by atoms with E-state index in [1.54, 1.807) is 0 Å². The highest BCUT2D eigenvalue weighted by atomic mass is 32.2. The summed E-state index contributed by atoms with van der Waals surface area (Å²) in [5, 5.41) is 2.56. The lowest BCUT2D eigenvalue weighted by atomic mass is 10.1. The number of hydrogen-bond donors (Lipinski definition) is 1. The van der Waals surface area contributed by atoms with Crippen molar-refractivity contribution in [3.8, 4) is 0 Å². The number of nitrogens with one attached hydrogen (secondary N) is 1. The highest BCUT2D eigenvalue weighted by Gasteiger charge is 2.29. The summed E-state index contributed by atoms with van der Waals surface area (Å²) in [5.74, 6) is -0.449. The van der Waals surface area contributed by atoms with Gasteiger partial charge in [-0.2, -0.15) is 13.2 Å². The average molecular weight is 357 g/mol. The molecule has 0 heterocycles. The minimum absolute atomic E-state index is 0.0603. The Hall–Kier alpha value is -2.35. The SMILES string of the molecule is CS(=O)(=O)c1ccc(C(=O)NCc2ccc(C(F)(F)F)cc2)cc1. The molecule has 1 amide bonds. The molecule has 0 aromatic heterocycles. The standard InChI is InChI=1S/C16H14F3NO3S/c1-24(22,23)14-8-4-12(5-9-14)15(21)20-10-11-2-6-13(7-3-11)16(17,18)19/h2-9H,10H2,1H3,(H,20,21). The Balaban J connectivity index is 2.00. The molecule has 0 atom stereocenters. The van der Waals surface area contributed by atoms with Gasteiger partial charge in [0.2, 0.25) is 0 Å². The normalized spacial score (nSPS) is 12.0. The molecule has 2 rings (SSSR count). The molecule has 2 aromatic rings. The zero-order valence-electron chi connectivity index (χ0n) is 12.6. The van der Waals surface area contributed by atoms with Crippen molar-refractivity contribution in [1.29, 1.82) is 0 Å². The van der Waals surface area contributed by atoms with Gasteiger partial charge in [0.25, 0.3) is 5.91 Å². The van der Waals surface area contributed by atoms with Crippen LogP contribution in [0.4, 0.5) is 13.2 Å². The summed E-state index contributed by atoms with van der Waals surface area (Å²) in [5.41, 5.74) is 0.0207. The number of sulfone groups is 1. The summed E-state index contributed by atoms with van der Waals surface area (Å²) in [4.78, 5) is 12.1. The van der Waals surface area contributed by atoms with E-state index in [0.717, 1.165) is 18.4 Å². The Labute approximate surface area is 137 Å². The number of rotatable bonds is 4. The smallest absolute Gasteiger partial charge is 0.348 e. The fourth-order valence-corrected chi connectivity index (χ4v) is 2.58. The fraction of sp³-hybridized carbons (Fsp3) is 0.188. The molecule has 8 heteroatoms. The first-order chi connectivity index (χ1) is 11.1. The molecule has 0 saturated heterocycles. The third-order valence-corrected chi connectivity index (χ3v) is 4.41. The fourth-order valence-electron chi connectivity index (χ4n) is 1.95. The molecule has 0 aliphatic carbocycles. The van der Waals surface area contributed by atoms with Crippen LogP contribution in [-0.2, 0) is 22.6 Å². The van der Waals surface area contributed by atoms with Crippen LogP contribution in [-0.4, -0.2) is 20.6 Å². The van der Waals surface area contributed by atoms with E-state index in [9.17, 15) is 26.4 Å². The lowest BCUT2D eigenvalue weighted by Gasteiger charge is -2.09. The maximum Gasteiger partial charge on any atom is 0.416 e. The second-order valence-electron chi connectivity index (χ2n) is 5.17. The quantitative estimate of drug-likeness (QED) is 0.915. The average Bonchev–Trinajstić information content (AvgIpc) is 2.51. The summed E-state index contributed by atoms with van der Waals surface area (Å²) in [7, 11) is -3.34. The molecule has 0 bridgehead atoms. The van der Waals surface area contributed by atoms with Gasteiger partial charge in [-0.25, -0.2) is 8.42 Å². The van der Waals surface area contributed by atoms with Crippen LogP contribution in [0.5, 0.6) is 0 Å². The van der Waals surface area contributed by atoms with Crippen molar-refractivity contribution in [2.75, 3.05) is 6.26 Å². The first kappa shape index (κ1) is 18.0. The first-order valence-corrected chi connectivity index (χ1v) is 8.71. The van der Waals surface area contributed by atoms with Crippen LogP contribution < -0.4 is 5.32 Å². The summed E-state index contributed by atoms with van der Waals surface area (Å²) in [6, 6.07) is 9.86. The van der Waals surface area contributed by atoms with Gasteiger partial charge in [0, 0.05) is 18.4 Å². The molecule has 0 aliphatic rings. The highest BCUT2D eigenvalue weighted by molar-refractivity contribution is 7.90. The van der Waals surface area contributed by atoms with Gasteiger partial charge in [0.1, 0.15) is 0 Å². The second kappa shape index (κ2) is 6.64. The summed E-state index contributed by atoms with van der Waals surface area (Å²) < 4.78 is 60.1. The number of alkyl halides is 3. The van der Waals surface area contributed by atoms with Gasteiger partial charge in [0.05, 0.1) is 10.5 Å². The molecule has 0 unspecified atom stereocenters. The summed E-state index contributed by atoms with van der Waals surface area (Å²) in [6.07, 6.45) is -3.34. The van der Waals surface area contributed by atoms with E-state index in [1.165, 1.54) is 36.4 Å². The minimum Gasteiger partial charge on any atom is -0.348 e. The Kier molecular flexibility index (Phi) is 4.98. The van der Waals surface area contributed by atoms with E-state index in [1.807, 2.05) is 0 Å². The third-order valence-electron chi connectivity index (χ3n) is 3.28. The van der Waals surface area contributed by atoms with Crippen LogP contribution in [0.15, 0.2) is 53.4 Å². The Bertz CT molecular complexity index is 826. The van der Waals surface area contributed by atoms with Crippen molar-refractivity contribution in [1.82, 2.24) is 5.32 Å². The van der Waals surface area contributed by atoms with Crippen LogP contribution in [0.25, 0.3) is 0 Å². The summed E-state index contributed by atoms with van der Waals surface area (Å²) in [6.45, 7) is 0.0603. The first-order valence-electron chi connectivity index (χ1n) is 6.82. The van der Waals surface area contributed by atoms with Crippen molar-refractivity contribution >= 4 is 15.7 Å². The van der Waals surface area contributed by atoms with Gasteiger partial charge in [-0.15, -0.1) is 0 Å². The second-order valence-corrected chi connectivity index (χ2v) is 7.19. The molecule has 2 aromatic carbocycles. The third kappa shape index (κ3) is 4.58. The van der Waals surface area contributed by atoms with Crippen LogP contribution >= 0.6 is 0 Å². The van der Waals surface area contributed by atoms with Gasteiger partial charge < -0.3 is 5.32 Å². The van der Waals surface area contributed by atoms with Crippen LogP contribution in [0.3, 0.4) is 0 Å². The van der Waals surface area contributed by atoms with Gasteiger partial charge in [-0.1, -0.05) is 12.1 Å². The lowest BCUT2D eigenvalue weighted by molar-refractivity contribution is -0.137. The van der Waals surface area contributed by atoms with Crippen LogP contribution in [0.1, 0.15) is 21.5 Å². The number of halogens is 3. The van der Waals surface area contributed by atoms with Crippen LogP contribution in [0.2, 0.25) is 0 Å². The molecule has 0 radical (unpaired) electrons. The monoisotopic (exact) mass is 357 g/mol. The Morgan fingerprint density at radius 2 is 1.54 bits per heavy atom. The van der Waals surface area contributed by atoms with E-state index in [-0.39, 0.29) is 17.0 Å². The Morgan fingerprint density at radius 3 is 2.00 bits per heavy atom. The number of benzene rings is 2. The van der Waals surface area contributed by atoms with E-state index in [4.69, 9.17) is 0 Å². The van der Waals surface area contributed by atoms with Crippen molar-refractivity contribution in [3.63, 3.8) is 0 Å². The largest absolute Gasteiger partial charge is 0.416 e. The number of hydrogen-bond acceptors (Lipinski definition) is 3. The van der Waals surface area contributed by atoms with E-state index >= 15 is 0 Å². The molecule has 0 aliphatic heterocycles. The zero-order valence-corrected chi connectivity index (χ0v) is 13.4. The zero-order chi connectivity index (χ0) is 18.0. The molecular weight excluding hydrogens is 343 g/mol.